The first-order valence-electron chi connectivity index (χ1n) is 4.77. The molecule has 2 bridgehead atoms. The maximum atomic E-state index is 11.9. The number of rotatable bonds is 0. The molecule has 2 aliphatic rings. The Labute approximate surface area is 87.4 Å². The van der Waals surface area contributed by atoms with Crippen LogP contribution in [-0.4, -0.2) is 5.78 Å². The van der Waals surface area contributed by atoms with E-state index >= 15 is 0 Å². The van der Waals surface area contributed by atoms with E-state index in [4.69, 9.17) is 11.6 Å². The number of hydrogen-bond acceptors (Lipinski definition) is 1. The molecular formula is C12H9ClO. The molecule has 1 aromatic rings. The highest BCUT2D eigenvalue weighted by atomic mass is 35.5. The highest BCUT2D eigenvalue weighted by Gasteiger charge is 2.39. The summed E-state index contributed by atoms with van der Waals surface area (Å²) < 4.78 is 0. The second-order valence-electron chi connectivity index (χ2n) is 3.87. The van der Waals surface area contributed by atoms with Crippen LogP contribution in [0.25, 0.3) is 0 Å². The van der Waals surface area contributed by atoms with Crippen molar-refractivity contribution >= 4 is 17.4 Å². The number of Topliss-reactive ketones (excluding diaryl/α,β-unsaturated/α-hetero) is 1. The lowest BCUT2D eigenvalue weighted by molar-refractivity contribution is -0.120. The average Bonchev–Trinajstić information content (AvgIpc) is 2.35. The van der Waals surface area contributed by atoms with Crippen LogP contribution in [0.3, 0.4) is 0 Å². The summed E-state index contributed by atoms with van der Waals surface area (Å²) in [6.45, 7) is 0. The van der Waals surface area contributed by atoms with Gasteiger partial charge in [-0.15, -0.1) is 0 Å². The van der Waals surface area contributed by atoms with Gasteiger partial charge in [-0.2, -0.15) is 0 Å². The van der Waals surface area contributed by atoms with Crippen LogP contribution in [0.5, 0.6) is 0 Å². The van der Waals surface area contributed by atoms with E-state index < -0.39 is 0 Å². The lowest BCUT2D eigenvalue weighted by Crippen LogP contribution is -2.12. The van der Waals surface area contributed by atoms with Gasteiger partial charge in [0.2, 0.25) is 0 Å². The second kappa shape index (κ2) is 2.71. The minimum absolute atomic E-state index is 0.0255. The smallest absolute Gasteiger partial charge is 0.151 e. The molecule has 0 amide bonds. The maximum Gasteiger partial charge on any atom is 0.151 e. The number of carbonyl (C=O) groups excluding carboxylic acids is 1. The number of halogens is 1. The first-order valence-corrected chi connectivity index (χ1v) is 5.15. The lowest BCUT2D eigenvalue weighted by atomic mass is 9.91. The molecule has 2 atom stereocenters. The Hall–Kier alpha value is -1.08. The van der Waals surface area contributed by atoms with Crippen molar-refractivity contribution in [2.75, 3.05) is 0 Å². The van der Waals surface area contributed by atoms with Crippen molar-refractivity contribution in [2.24, 2.45) is 0 Å². The molecule has 3 rings (SSSR count). The standard InChI is InChI=1S/C12H9ClO/c13-7-4-5-8-9-2-1-3-10(12(9)14)11(8)6-7/h1,3-6,9-10H,2H2. The van der Waals surface area contributed by atoms with Crippen molar-refractivity contribution in [3.05, 3.63) is 46.5 Å². The van der Waals surface area contributed by atoms with Gasteiger partial charge >= 0.3 is 0 Å². The molecule has 0 radical (unpaired) electrons. The van der Waals surface area contributed by atoms with E-state index in [9.17, 15) is 4.79 Å². The molecule has 0 fully saturated rings. The van der Waals surface area contributed by atoms with E-state index in [1.165, 1.54) is 5.56 Å². The Balaban J connectivity index is 2.26. The molecule has 70 valence electrons. The number of fused-ring (bicyclic) bond motifs is 5. The van der Waals surface area contributed by atoms with Gasteiger partial charge in [0.25, 0.3) is 0 Å². The van der Waals surface area contributed by atoms with Gasteiger partial charge in [-0.25, -0.2) is 0 Å². The Kier molecular flexibility index (Phi) is 1.59. The van der Waals surface area contributed by atoms with Crippen molar-refractivity contribution in [3.8, 4) is 0 Å². The van der Waals surface area contributed by atoms with Gasteiger partial charge in [0, 0.05) is 10.9 Å². The van der Waals surface area contributed by atoms with E-state index in [2.05, 4.69) is 6.08 Å². The third-order valence-electron chi connectivity index (χ3n) is 3.11. The minimum Gasteiger partial charge on any atom is -0.298 e. The van der Waals surface area contributed by atoms with Crippen molar-refractivity contribution in [1.82, 2.24) is 0 Å². The first-order chi connectivity index (χ1) is 6.77. The van der Waals surface area contributed by atoms with Crippen molar-refractivity contribution in [3.63, 3.8) is 0 Å². The third kappa shape index (κ3) is 0.934. The van der Waals surface area contributed by atoms with Crippen LogP contribution < -0.4 is 0 Å². The van der Waals surface area contributed by atoms with E-state index in [1.807, 2.05) is 24.3 Å². The van der Waals surface area contributed by atoms with E-state index in [0.29, 0.717) is 5.78 Å². The summed E-state index contributed by atoms with van der Waals surface area (Å²) >= 11 is 5.93. The lowest BCUT2D eigenvalue weighted by Gasteiger charge is -2.10. The molecule has 14 heavy (non-hydrogen) atoms. The monoisotopic (exact) mass is 204 g/mol. The Morgan fingerprint density at radius 3 is 3.00 bits per heavy atom. The van der Waals surface area contributed by atoms with Gasteiger partial charge in [-0.1, -0.05) is 29.8 Å². The van der Waals surface area contributed by atoms with Gasteiger partial charge in [-0.3, -0.25) is 4.79 Å². The summed E-state index contributed by atoms with van der Waals surface area (Å²) in [6, 6.07) is 5.79. The second-order valence-corrected chi connectivity index (χ2v) is 4.31. The molecular weight excluding hydrogens is 196 g/mol. The molecule has 0 saturated carbocycles. The molecule has 2 aliphatic carbocycles. The molecule has 0 N–H and O–H groups in total. The van der Waals surface area contributed by atoms with Crippen LogP contribution >= 0.6 is 11.6 Å². The fraction of sp³-hybridized carbons (Fsp3) is 0.250. The van der Waals surface area contributed by atoms with Gasteiger partial charge < -0.3 is 0 Å². The van der Waals surface area contributed by atoms with Gasteiger partial charge in [0.05, 0.1) is 5.92 Å². The van der Waals surface area contributed by atoms with Crippen LogP contribution in [0.15, 0.2) is 30.4 Å². The predicted molar refractivity (Wildman–Crippen MR) is 55.7 cm³/mol. The Bertz CT molecular complexity index is 448. The number of hydrogen-bond donors (Lipinski definition) is 0. The summed E-state index contributed by atoms with van der Waals surface area (Å²) in [5, 5.41) is 0.720. The predicted octanol–water partition coefficient (Wildman–Crippen LogP) is 3.05. The molecule has 1 aromatic carbocycles. The normalized spacial score (nSPS) is 27.9. The van der Waals surface area contributed by atoms with Crippen molar-refractivity contribution < 1.29 is 4.79 Å². The van der Waals surface area contributed by atoms with Crippen LogP contribution in [0.2, 0.25) is 5.02 Å². The maximum absolute atomic E-state index is 11.9. The zero-order valence-electron chi connectivity index (χ0n) is 7.53. The molecule has 2 unspecified atom stereocenters. The quantitative estimate of drug-likeness (QED) is 0.594. The molecule has 0 aromatic heterocycles. The van der Waals surface area contributed by atoms with Crippen molar-refractivity contribution in [2.45, 2.75) is 18.3 Å². The zero-order chi connectivity index (χ0) is 9.71. The van der Waals surface area contributed by atoms with E-state index in [1.54, 1.807) is 0 Å². The third-order valence-corrected chi connectivity index (χ3v) is 3.34. The summed E-state index contributed by atoms with van der Waals surface area (Å²) in [5.41, 5.74) is 2.29. The number of benzene rings is 1. The van der Waals surface area contributed by atoms with E-state index in [-0.39, 0.29) is 11.8 Å². The number of carbonyl (C=O) groups is 1. The SMILES string of the molecule is O=C1C2C=CCC1c1ccc(Cl)cc12. The summed E-state index contributed by atoms with van der Waals surface area (Å²) in [5.74, 6) is 0.407. The summed E-state index contributed by atoms with van der Waals surface area (Å²) in [7, 11) is 0. The van der Waals surface area contributed by atoms with Crippen LogP contribution in [0.4, 0.5) is 0 Å². The van der Waals surface area contributed by atoms with Crippen LogP contribution in [0.1, 0.15) is 29.4 Å². The fourth-order valence-electron chi connectivity index (χ4n) is 2.45. The molecule has 0 spiro atoms. The topological polar surface area (TPSA) is 17.1 Å². The first kappa shape index (κ1) is 8.25. The highest BCUT2D eigenvalue weighted by molar-refractivity contribution is 6.30. The highest BCUT2D eigenvalue weighted by Crippen LogP contribution is 2.45. The number of ketones is 1. The summed E-state index contributed by atoms with van der Waals surface area (Å²) in [4.78, 5) is 11.9. The minimum atomic E-state index is -0.0255. The fourth-order valence-corrected chi connectivity index (χ4v) is 2.63. The Morgan fingerprint density at radius 2 is 2.14 bits per heavy atom. The van der Waals surface area contributed by atoms with Crippen LogP contribution in [-0.2, 0) is 4.79 Å². The van der Waals surface area contributed by atoms with Gasteiger partial charge in [0.1, 0.15) is 0 Å². The average molecular weight is 205 g/mol. The van der Waals surface area contributed by atoms with Gasteiger partial charge in [-0.05, 0) is 29.7 Å². The zero-order valence-corrected chi connectivity index (χ0v) is 8.29. The summed E-state index contributed by atoms with van der Waals surface area (Å²) in [6.07, 6.45) is 4.95. The molecule has 0 aliphatic heterocycles. The molecule has 0 heterocycles. The van der Waals surface area contributed by atoms with Crippen molar-refractivity contribution in [1.29, 1.82) is 0 Å². The Morgan fingerprint density at radius 1 is 1.29 bits per heavy atom. The molecule has 2 heteroatoms. The largest absolute Gasteiger partial charge is 0.298 e. The molecule has 0 saturated heterocycles. The molecule has 1 nitrogen and oxygen atoms in total. The van der Waals surface area contributed by atoms with E-state index in [0.717, 1.165) is 17.0 Å². The van der Waals surface area contributed by atoms with Crippen LogP contribution in [0, 0.1) is 0 Å². The number of allylic oxidation sites excluding steroid dienone is 2. The van der Waals surface area contributed by atoms with Gasteiger partial charge in [0.15, 0.2) is 5.78 Å².